The predicted molar refractivity (Wildman–Crippen MR) is 81.4 cm³/mol. The number of nitrogens with zero attached hydrogens (tertiary/aromatic N) is 1. The largest absolute Gasteiger partial charge is 0.465 e. The molecule has 1 aromatic rings. The van der Waals surface area contributed by atoms with E-state index in [0.29, 0.717) is 5.56 Å². The van der Waals surface area contributed by atoms with E-state index in [0.717, 1.165) is 9.87 Å². The minimum atomic E-state index is -3.84. The lowest BCUT2D eigenvalue weighted by Crippen LogP contribution is -2.37. The SMILES string of the molecule is CCOC(=O)CN(CC)S(=O)(=O)c1c(N)ccc(C)c1C. The highest BCUT2D eigenvalue weighted by Gasteiger charge is 2.29. The second-order valence-corrected chi connectivity index (χ2v) is 6.54. The molecule has 0 aliphatic rings. The molecule has 0 spiro atoms. The van der Waals surface area contributed by atoms with Crippen molar-refractivity contribution in [3.8, 4) is 0 Å². The van der Waals surface area contributed by atoms with Crippen LogP contribution in [-0.4, -0.2) is 38.4 Å². The van der Waals surface area contributed by atoms with Crippen LogP contribution in [0.1, 0.15) is 25.0 Å². The molecule has 0 saturated carbocycles. The van der Waals surface area contributed by atoms with Gasteiger partial charge in [-0.3, -0.25) is 4.79 Å². The summed E-state index contributed by atoms with van der Waals surface area (Å²) in [5.41, 5.74) is 7.44. The normalized spacial score (nSPS) is 11.7. The van der Waals surface area contributed by atoms with Gasteiger partial charge in [0.05, 0.1) is 12.3 Å². The van der Waals surface area contributed by atoms with Crippen molar-refractivity contribution in [3.63, 3.8) is 0 Å². The number of ether oxygens (including phenoxy) is 1. The summed E-state index contributed by atoms with van der Waals surface area (Å²) in [7, 11) is -3.84. The molecule has 21 heavy (non-hydrogen) atoms. The molecule has 0 bridgehead atoms. The Kier molecular flexibility index (Phi) is 5.74. The van der Waals surface area contributed by atoms with Gasteiger partial charge in [0.15, 0.2) is 0 Å². The molecule has 0 atom stereocenters. The minimum Gasteiger partial charge on any atom is -0.465 e. The summed E-state index contributed by atoms with van der Waals surface area (Å²) in [5.74, 6) is -0.577. The molecule has 6 nitrogen and oxygen atoms in total. The third-order valence-electron chi connectivity index (χ3n) is 3.27. The number of esters is 1. The Labute approximate surface area is 125 Å². The Hall–Kier alpha value is -1.60. The van der Waals surface area contributed by atoms with Gasteiger partial charge in [-0.05, 0) is 38.0 Å². The molecule has 1 aromatic carbocycles. The van der Waals surface area contributed by atoms with Crippen LogP contribution in [0.5, 0.6) is 0 Å². The number of carbonyl (C=O) groups is 1. The van der Waals surface area contributed by atoms with Crippen LogP contribution in [0.2, 0.25) is 0 Å². The second kappa shape index (κ2) is 6.91. The quantitative estimate of drug-likeness (QED) is 0.634. The van der Waals surface area contributed by atoms with Crippen molar-refractivity contribution in [1.29, 1.82) is 0 Å². The van der Waals surface area contributed by atoms with Gasteiger partial charge < -0.3 is 10.5 Å². The summed E-state index contributed by atoms with van der Waals surface area (Å²) >= 11 is 0. The highest BCUT2D eigenvalue weighted by atomic mass is 32.2. The van der Waals surface area contributed by atoms with Crippen molar-refractivity contribution in [1.82, 2.24) is 4.31 Å². The van der Waals surface area contributed by atoms with E-state index < -0.39 is 16.0 Å². The first-order valence-corrected chi connectivity index (χ1v) is 8.21. The van der Waals surface area contributed by atoms with Gasteiger partial charge in [-0.2, -0.15) is 4.31 Å². The third-order valence-corrected chi connectivity index (χ3v) is 5.39. The molecule has 0 fully saturated rings. The lowest BCUT2D eigenvalue weighted by Gasteiger charge is -2.22. The minimum absolute atomic E-state index is 0.0636. The van der Waals surface area contributed by atoms with E-state index in [9.17, 15) is 13.2 Å². The van der Waals surface area contributed by atoms with E-state index in [-0.39, 0.29) is 30.3 Å². The predicted octanol–water partition coefficient (Wildman–Crippen LogP) is 1.46. The van der Waals surface area contributed by atoms with Crippen LogP contribution in [0.4, 0.5) is 5.69 Å². The molecule has 0 amide bonds. The standard InChI is InChI=1S/C14H22N2O4S/c1-5-16(9-13(17)20-6-2)21(18,19)14-11(4)10(3)7-8-12(14)15/h7-8H,5-6,9,15H2,1-4H3. The number of likely N-dealkylation sites (N-methyl/N-ethyl adjacent to an activating group) is 1. The Morgan fingerprint density at radius 2 is 1.90 bits per heavy atom. The monoisotopic (exact) mass is 314 g/mol. The van der Waals surface area contributed by atoms with Gasteiger partial charge in [-0.15, -0.1) is 0 Å². The van der Waals surface area contributed by atoms with E-state index >= 15 is 0 Å². The summed E-state index contributed by atoms with van der Waals surface area (Å²) < 4.78 is 31.4. The molecule has 0 unspecified atom stereocenters. The van der Waals surface area contributed by atoms with Gasteiger partial charge in [-0.1, -0.05) is 13.0 Å². The fourth-order valence-electron chi connectivity index (χ4n) is 2.00. The molecule has 1 rings (SSSR count). The van der Waals surface area contributed by atoms with E-state index in [4.69, 9.17) is 10.5 Å². The number of nitrogen functional groups attached to an aromatic ring is 1. The smallest absolute Gasteiger partial charge is 0.321 e. The fourth-order valence-corrected chi connectivity index (χ4v) is 3.79. The van der Waals surface area contributed by atoms with Crippen LogP contribution >= 0.6 is 0 Å². The van der Waals surface area contributed by atoms with E-state index in [1.165, 1.54) is 0 Å². The molecule has 0 radical (unpaired) electrons. The zero-order valence-electron chi connectivity index (χ0n) is 12.8. The average molecular weight is 314 g/mol. The number of nitrogens with two attached hydrogens (primary N) is 1. The van der Waals surface area contributed by atoms with Crippen LogP contribution < -0.4 is 5.73 Å². The Balaban J connectivity index is 3.26. The highest BCUT2D eigenvalue weighted by molar-refractivity contribution is 7.89. The Bertz CT molecular complexity index is 626. The van der Waals surface area contributed by atoms with Crippen LogP contribution in [0, 0.1) is 13.8 Å². The van der Waals surface area contributed by atoms with Crippen molar-refractivity contribution in [2.75, 3.05) is 25.4 Å². The second-order valence-electron chi connectivity index (χ2n) is 4.66. The molecule has 7 heteroatoms. The van der Waals surface area contributed by atoms with Gasteiger partial charge in [0.1, 0.15) is 11.4 Å². The summed E-state index contributed by atoms with van der Waals surface area (Å²) in [5, 5.41) is 0. The number of sulfonamides is 1. The fraction of sp³-hybridized carbons (Fsp3) is 0.500. The first kappa shape index (κ1) is 17.5. The van der Waals surface area contributed by atoms with Crippen molar-refractivity contribution in [3.05, 3.63) is 23.3 Å². The van der Waals surface area contributed by atoms with E-state index in [2.05, 4.69) is 0 Å². The number of carbonyl (C=O) groups excluding carboxylic acids is 1. The number of anilines is 1. The number of aryl methyl sites for hydroxylation is 1. The lowest BCUT2D eigenvalue weighted by atomic mass is 10.1. The molecule has 0 heterocycles. The van der Waals surface area contributed by atoms with Gasteiger partial charge in [-0.25, -0.2) is 8.42 Å². The van der Waals surface area contributed by atoms with Crippen LogP contribution in [0.3, 0.4) is 0 Å². The summed E-state index contributed by atoms with van der Waals surface area (Å²) in [6.45, 7) is 6.91. The van der Waals surface area contributed by atoms with Crippen molar-refractivity contribution in [2.24, 2.45) is 0 Å². The van der Waals surface area contributed by atoms with E-state index in [1.54, 1.807) is 32.9 Å². The maximum Gasteiger partial charge on any atom is 0.321 e. The molecule has 0 saturated heterocycles. The number of hydrogen-bond donors (Lipinski definition) is 1. The lowest BCUT2D eigenvalue weighted by molar-refractivity contribution is -0.143. The molecule has 0 aliphatic heterocycles. The molecule has 2 N–H and O–H groups in total. The van der Waals surface area contributed by atoms with Crippen molar-refractivity contribution in [2.45, 2.75) is 32.6 Å². The molecule has 118 valence electrons. The molecular weight excluding hydrogens is 292 g/mol. The summed E-state index contributed by atoms with van der Waals surface area (Å²) in [4.78, 5) is 11.6. The van der Waals surface area contributed by atoms with Gasteiger partial charge in [0.2, 0.25) is 10.0 Å². The van der Waals surface area contributed by atoms with Crippen LogP contribution in [0.25, 0.3) is 0 Å². The molecule has 0 aliphatic carbocycles. The highest BCUT2D eigenvalue weighted by Crippen LogP contribution is 2.28. The maximum absolute atomic E-state index is 12.7. The first-order chi connectivity index (χ1) is 9.75. The van der Waals surface area contributed by atoms with Crippen LogP contribution in [0.15, 0.2) is 17.0 Å². The average Bonchev–Trinajstić information content (AvgIpc) is 2.40. The first-order valence-electron chi connectivity index (χ1n) is 6.77. The Morgan fingerprint density at radius 1 is 1.29 bits per heavy atom. The van der Waals surface area contributed by atoms with Crippen LogP contribution in [-0.2, 0) is 19.6 Å². The van der Waals surface area contributed by atoms with Gasteiger partial charge >= 0.3 is 5.97 Å². The van der Waals surface area contributed by atoms with E-state index in [1.807, 2.05) is 6.92 Å². The van der Waals surface area contributed by atoms with Gasteiger partial charge in [0.25, 0.3) is 0 Å². The summed E-state index contributed by atoms with van der Waals surface area (Å²) in [6, 6.07) is 3.33. The molecular formula is C14H22N2O4S. The number of benzene rings is 1. The zero-order valence-corrected chi connectivity index (χ0v) is 13.7. The Morgan fingerprint density at radius 3 is 2.43 bits per heavy atom. The zero-order chi connectivity index (χ0) is 16.2. The van der Waals surface area contributed by atoms with Crippen molar-refractivity contribution < 1.29 is 17.9 Å². The molecule has 0 aromatic heterocycles. The maximum atomic E-state index is 12.7. The number of rotatable bonds is 6. The van der Waals surface area contributed by atoms with Gasteiger partial charge in [0, 0.05) is 6.54 Å². The van der Waals surface area contributed by atoms with Crippen molar-refractivity contribution >= 4 is 21.7 Å². The summed E-state index contributed by atoms with van der Waals surface area (Å²) in [6.07, 6.45) is 0. The number of hydrogen-bond acceptors (Lipinski definition) is 5. The topological polar surface area (TPSA) is 89.7 Å². The third kappa shape index (κ3) is 3.74.